The van der Waals surface area contributed by atoms with Crippen LogP contribution in [0.1, 0.15) is 12.6 Å². The Morgan fingerprint density at radius 1 is 1.11 bits per heavy atom. The molecule has 9 heteroatoms. The highest BCUT2D eigenvalue weighted by Crippen LogP contribution is 2.17. The third-order valence-corrected chi connectivity index (χ3v) is 6.30. The largest absolute Gasteiger partial charge is 0.492 e. The van der Waals surface area contributed by atoms with Gasteiger partial charge in [-0.15, -0.1) is 0 Å². The Balaban J connectivity index is 1.54. The van der Waals surface area contributed by atoms with Crippen LogP contribution in [0.2, 0.25) is 0 Å². The van der Waals surface area contributed by atoms with Gasteiger partial charge in [0, 0.05) is 44.5 Å². The lowest BCUT2D eigenvalue weighted by atomic mass is 10.3. The number of aryl methyl sites for hydroxylation is 1. The monoisotopic (exact) mass is 405 g/mol. The van der Waals surface area contributed by atoms with Gasteiger partial charge in [-0.3, -0.25) is 0 Å². The molecule has 8 nitrogen and oxygen atoms in total. The maximum Gasteiger partial charge on any atom is 0.227 e. The van der Waals surface area contributed by atoms with E-state index in [1.165, 1.54) is 4.31 Å². The van der Waals surface area contributed by atoms with Crippen LogP contribution in [0.15, 0.2) is 36.4 Å². The lowest BCUT2D eigenvalue weighted by Gasteiger charge is -2.34. The first-order valence-corrected chi connectivity index (χ1v) is 11.1. The number of hydrogen-bond donors (Lipinski definition) is 1. The van der Waals surface area contributed by atoms with Crippen molar-refractivity contribution in [1.82, 2.24) is 14.3 Å². The molecule has 0 saturated carbocycles. The van der Waals surface area contributed by atoms with E-state index in [0.717, 1.165) is 18.1 Å². The van der Waals surface area contributed by atoms with Crippen LogP contribution in [0.5, 0.6) is 5.75 Å². The van der Waals surface area contributed by atoms with E-state index in [1.54, 1.807) is 0 Å². The Morgan fingerprint density at radius 2 is 1.82 bits per heavy atom. The number of nitrogens with one attached hydrogen (secondary N) is 1. The summed E-state index contributed by atoms with van der Waals surface area (Å²) in [6.45, 7) is 6.83. The van der Waals surface area contributed by atoms with Gasteiger partial charge in [0.2, 0.25) is 16.0 Å². The molecule has 1 fully saturated rings. The highest BCUT2D eigenvalue weighted by molar-refractivity contribution is 7.89. The highest BCUT2D eigenvalue weighted by Gasteiger charge is 2.28. The Hall–Kier alpha value is -2.39. The predicted molar refractivity (Wildman–Crippen MR) is 110 cm³/mol. The van der Waals surface area contributed by atoms with Crippen molar-refractivity contribution in [2.75, 3.05) is 55.3 Å². The molecule has 0 atom stereocenters. The first-order chi connectivity index (χ1) is 13.5. The molecule has 1 aliphatic heterocycles. The quantitative estimate of drug-likeness (QED) is 0.716. The molecule has 2 aromatic rings. The average Bonchev–Trinajstić information content (AvgIpc) is 2.69. The van der Waals surface area contributed by atoms with Gasteiger partial charge in [-0.2, -0.15) is 9.29 Å². The summed E-state index contributed by atoms with van der Waals surface area (Å²) in [7, 11) is -3.36. The molecule has 0 aliphatic carbocycles. The van der Waals surface area contributed by atoms with Crippen molar-refractivity contribution in [3.05, 3.63) is 42.1 Å². The van der Waals surface area contributed by atoms with E-state index in [2.05, 4.69) is 15.3 Å². The molecular formula is C19H27N5O3S. The van der Waals surface area contributed by atoms with Crippen LogP contribution >= 0.6 is 0 Å². The number of anilines is 2. The van der Waals surface area contributed by atoms with Gasteiger partial charge in [0.05, 0.1) is 5.75 Å². The second kappa shape index (κ2) is 9.20. The van der Waals surface area contributed by atoms with Crippen molar-refractivity contribution < 1.29 is 13.2 Å². The highest BCUT2D eigenvalue weighted by atomic mass is 32.2. The molecule has 1 N–H and O–H groups in total. The minimum atomic E-state index is -3.36. The second-order valence-electron chi connectivity index (χ2n) is 6.59. The molecule has 28 heavy (non-hydrogen) atoms. The molecule has 1 aromatic carbocycles. The maximum atomic E-state index is 12.6. The molecule has 0 radical (unpaired) electrons. The van der Waals surface area contributed by atoms with Gasteiger partial charge < -0.3 is 15.0 Å². The second-order valence-corrected chi connectivity index (χ2v) is 8.68. The van der Waals surface area contributed by atoms with Gasteiger partial charge in [-0.05, 0) is 26.0 Å². The van der Waals surface area contributed by atoms with Crippen LogP contribution in [-0.4, -0.2) is 67.8 Å². The van der Waals surface area contributed by atoms with Crippen molar-refractivity contribution in [2.24, 2.45) is 0 Å². The zero-order valence-electron chi connectivity index (χ0n) is 16.3. The van der Waals surface area contributed by atoms with Crippen molar-refractivity contribution in [3.63, 3.8) is 0 Å². The topological polar surface area (TPSA) is 87.7 Å². The minimum Gasteiger partial charge on any atom is -0.492 e. The first-order valence-electron chi connectivity index (χ1n) is 9.48. The summed E-state index contributed by atoms with van der Waals surface area (Å²) in [6.07, 6.45) is 0. The number of piperazine rings is 1. The van der Waals surface area contributed by atoms with Crippen LogP contribution in [0.25, 0.3) is 0 Å². The number of ether oxygens (including phenoxy) is 1. The fraction of sp³-hybridized carbons (Fsp3) is 0.474. The van der Waals surface area contributed by atoms with Crippen LogP contribution in [-0.2, 0) is 10.0 Å². The number of sulfonamides is 1. The standard InChI is InChI=1S/C19H27N5O3S/c1-3-20-18-15-16(2)21-19(22-18)23-9-11-24(12-10-23)28(25,26)14-13-27-17-7-5-4-6-8-17/h4-8,15H,3,9-14H2,1-2H3,(H,20,21,22). The molecule has 0 amide bonds. The Labute approximate surface area is 166 Å². The molecule has 0 bridgehead atoms. The minimum absolute atomic E-state index is 0.0343. The fourth-order valence-electron chi connectivity index (χ4n) is 3.04. The number of nitrogens with zero attached hydrogens (tertiary/aromatic N) is 4. The van der Waals surface area contributed by atoms with Crippen molar-refractivity contribution in [3.8, 4) is 5.75 Å². The normalized spacial score (nSPS) is 15.4. The molecule has 152 valence electrons. The summed E-state index contributed by atoms with van der Waals surface area (Å²) >= 11 is 0. The van der Waals surface area contributed by atoms with Crippen LogP contribution in [0.3, 0.4) is 0 Å². The average molecular weight is 406 g/mol. The van der Waals surface area contributed by atoms with E-state index < -0.39 is 10.0 Å². The van der Waals surface area contributed by atoms with E-state index in [0.29, 0.717) is 37.9 Å². The van der Waals surface area contributed by atoms with E-state index in [9.17, 15) is 8.42 Å². The van der Waals surface area contributed by atoms with Gasteiger partial charge in [0.25, 0.3) is 0 Å². The van der Waals surface area contributed by atoms with Gasteiger partial charge in [-0.25, -0.2) is 13.4 Å². The number of rotatable bonds is 8. The molecule has 1 saturated heterocycles. The third kappa shape index (κ3) is 5.32. The van der Waals surface area contributed by atoms with Gasteiger partial charge in [0.15, 0.2) is 0 Å². The number of aromatic nitrogens is 2. The van der Waals surface area contributed by atoms with Crippen molar-refractivity contribution in [2.45, 2.75) is 13.8 Å². The van der Waals surface area contributed by atoms with Crippen LogP contribution in [0, 0.1) is 6.92 Å². The number of hydrogen-bond acceptors (Lipinski definition) is 7. The Bertz CT molecular complexity index is 868. The first kappa shape index (κ1) is 20.3. The third-order valence-electron chi connectivity index (χ3n) is 4.47. The summed E-state index contributed by atoms with van der Waals surface area (Å²) in [5, 5.41) is 3.20. The molecular weight excluding hydrogens is 378 g/mol. The SMILES string of the molecule is CCNc1cc(C)nc(N2CCN(S(=O)(=O)CCOc3ccccc3)CC2)n1. The van der Waals surface area contributed by atoms with E-state index >= 15 is 0 Å². The van der Waals surface area contributed by atoms with E-state index in [-0.39, 0.29) is 12.4 Å². The summed E-state index contributed by atoms with van der Waals surface area (Å²) in [6, 6.07) is 11.1. The zero-order valence-corrected chi connectivity index (χ0v) is 17.2. The summed E-state index contributed by atoms with van der Waals surface area (Å²) in [5.74, 6) is 2.07. The summed E-state index contributed by atoms with van der Waals surface area (Å²) < 4.78 is 32.3. The molecule has 0 unspecified atom stereocenters. The van der Waals surface area contributed by atoms with Gasteiger partial charge in [-0.1, -0.05) is 18.2 Å². The molecule has 1 aromatic heterocycles. The van der Waals surface area contributed by atoms with E-state index in [1.807, 2.05) is 55.1 Å². The van der Waals surface area contributed by atoms with E-state index in [4.69, 9.17) is 4.74 Å². The summed E-state index contributed by atoms with van der Waals surface area (Å²) in [5.41, 5.74) is 0.883. The number of benzene rings is 1. The lowest BCUT2D eigenvalue weighted by Crippen LogP contribution is -2.50. The van der Waals surface area contributed by atoms with Gasteiger partial charge in [0.1, 0.15) is 18.2 Å². The smallest absolute Gasteiger partial charge is 0.227 e. The number of para-hydroxylation sites is 1. The fourth-order valence-corrected chi connectivity index (χ4v) is 4.31. The van der Waals surface area contributed by atoms with Crippen molar-refractivity contribution in [1.29, 1.82) is 0 Å². The molecule has 0 spiro atoms. The predicted octanol–water partition coefficient (Wildman–Crippen LogP) is 1.75. The molecule has 3 rings (SSSR count). The molecule has 1 aliphatic rings. The summed E-state index contributed by atoms with van der Waals surface area (Å²) in [4.78, 5) is 11.1. The Kier molecular flexibility index (Phi) is 6.69. The zero-order chi connectivity index (χ0) is 20.0. The Morgan fingerprint density at radius 3 is 2.50 bits per heavy atom. The lowest BCUT2D eigenvalue weighted by molar-refractivity contribution is 0.330. The molecule has 2 heterocycles. The van der Waals surface area contributed by atoms with Crippen LogP contribution < -0.4 is 15.0 Å². The van der Waals surface area contributed by atoms with Gasteiger partial charge >= 0.3 is 0 Å². The maximum absolute atomic E-state index is 12.6. The van der Waals surface area contributed by atoms with Crippen molar-refractivity contribution >= 4 is 21.8 Å². The van der Waals surface area contributed by atoms with Crippen LogP contribution in [0.4, 0.5) is 11.8 Å².